The highest BCUT2D eigenvalue weighted by Gasteiger charge is 2.27. The lowest BCUT2D eigenvalue weighted by Crippen LogP contribution is -2.06. The minimum absolute atomic E-state index is 0.568. The van der Waals surface area contributed by atoms with Crippen LogP contribution in [0.15, 0.2) is 152 Å². The summed E-state index contributed by atoms with van der Waals surface area (Å²) in [5.74, 6) is 3.24. The second kappa shape index (κ2) is 10.0. The minimum atomic E-state index is 0.568. The van der Waals surface area contributed by atoms with E-state index < -0.39 is 0 Å². The van der Waals surface area contributed by atoms with Crippen LogP contribution in [0.4, 0.5) is 0 Å². The van der Waals surface area contributed by atoms with E-state index in [0.717, 1.165) is 60.3 Å². The molecule has 0 fully saturated rings. The van der Waals surface area contributed by atoms with E-state index in [2.05, 4.69) is 95.6 Å². The molecule has 0 aliphatic carbocycles. The molecule has 220 valence electrons. The minimum Gasteiger partial charge on any atom is -0.449 e. The number of hydrogen-bond donors (Lipinski definition) is 0. The summed E-state index contributed by atoms with van der Waals surface area (Å²) < 4.78 is 15.4. The van der Waals surface area contributed by atoms with E-state index in [9.17, 15) is 0 Å². The molecule has 1 aliphatic rings. The second-order valence-corrected chi connectivity index (χ2v) is 11.8. The summed E-state index contributed by atoms with van der Waals surface area (Å²) in [6, 6.07) is 52.0. The summed E-state index contributed by atoms with van der Waals surface area (Å²) >= 11 is 0. The average molecular weight is 604 g/mol. The Balaban J connectivity index is 1.21. The van der Waals surface area contributed by atoms with Crippen LogP contribution >= 0.6 is 0 Å². The maximum Gasteiger partial charge on any atom is 0.235 e. The van der Waals surface area contributed by atoms with Gasteiger partial charge in [0.05, 0.1) is 16.7 Å². The first-order chi connectivity index (χ1) is 23.3. The molecule has 0 unspecified atom stereocenters. The van der Waals surface area contributed by atoms with E-state index in [1.54, 1.807) is 0 Å². The van der Waals surface area contributed by atoms with Crippen molar-refractivity contribution < 1.29 is 9.47 Å². The van der Waals surface area contributed by atoms with Gasteiger partial charge in [0.1, 0.15) is 5.52 Å². The van der Waals surface area contributed by atoms with Gasteiger partial charge in [-0.3, -0.25) is 4.57 Å². The molecule has 9 aromatic rings. The van der Waals surface area contributed by atoms with Gasteiger partial charge in [-0.1, -0.05) is 115 Å². The number of nitrogens with zero attached hydrogens (tertiary/aromatic N) is 3. The third kappa shape index (κ3) is 4.03. The third-order valence-corrected chi connectivity index (χ3v) is 9.05. The van der Waals surface area contributed by atoms with Crippen molar-refractivity contribution in [2.24, 2.45) is 0 Å². The fraction of sp³-hybridized carbons (Fsp3) is 0. The summed E-state index contributed by atoms with van der Waals surface area (Å²) in [7, 11) is 0. The summed E-state index contributed by atoms with van der Waals surface area (Å²) in [6.07, 6.45) is 0. The van der Waals surface area contributed by atoms with Crippen molar-refractivity contribution in [3.05, 3.63) is 152 Å². The quantitative estimate of drug-likeness (QED) is 0.202. The van der Waals surface area contributed by atoms with Gasteiger partial charge < -0.3 is 9.47 Å². The van der Waals surface area contributed by atoms with Crippen LogP contribution < -0.4 is 9.47 Å². The Labute approximate surface area is 269 Å². The van der Waals surface area contributed by atoms with E-state index in [0.29, 0.717) is 28.9 Å². The summed E-state index contributed by atoms with van der Waals surface area (Å²) in [6.45, 7) is 0. The van der Waals surface area contributed by atoms with Crippen molar-refractivity contribution in [3.8, 4) is 51.3 Å². The molecule has 5 heteroatoms. The standard InChI is InChI=1S/C42H25N3O2/c1-2-10-26(11-3-1)27-18-20-28(21-19-27)39-33-15-6-8-16-34(33)43-42(44-39)45-35-17-9-7-14-31(35)32-22-23-36-41(40(32)45)47-38-25-30-13-5-4-12-29(30)24-37(38)46-36/h1-25H. The largest absolute Gasteiger partial charge is 0.449 e. The monoisotopic (exact) mass is 603 g/mol. The molecular formula is C42H25N3O2. The Hall–Kier alpha value is -6.46. The molecular weight excluding hydrogens is 578 g/mol. The third-order valence-electron chi connectivity index (χ3n) is 9.05. The zero-order valence-corrected chi connectivity index (χ0v) is 25.1. The van der Waals surface area contributed by atoms with Gasteiger partial charge in [0, 0.05) is 21.7 Å². The van der Waals surface area contributed by atoms with Crippen molar-refractivity contribution in [1.82, 2.24) is 14.5 Å². The molecule has 0 amide bonds. The van der Waals surface area contributed by atoms with Crippen molar-refractivity contribution in [3.63, 3.8) is 0 Å². The van der Waals surface area contributed by atoms with E-state index in [1.165, 1.54) is 5.56 Å². The first kappa shape index (κ1) is 25.8. The number of hydrogen-bond acceptors (Lipinski definition) is 4. The lowest BCUT2D eigenvalue weighted by molar-refractivity contribution is 0.363. The topological polar surface area (TPSA) is 49.2 Å². The van der Waals surface area contributed by atoms with Gasteiger partial charge in [0.15, 0.2) is 23.0 Å². The Morgan fingerprint density at radius 1 is 0.447 bits per heavy atom. The first-order valence-corrected chi connectivity index (χ1v) is 15.7. The van der Waals surface area contributed by atoms with Gasteiger partial charge in [0.25, 0.3) is 0 Å². The molecule has 47 heavy (non-hydrogen) atoms. The predicted molar refractivity (Wildman–Crippen MR) is 189 cm³/mol. The predicted octanol–water partition coefficient (Wildman–Crippen LogP) is 11.1. The van der Waals surface area contributed by atoms with Crippen LogP contribution in [0.5, 0.6) is 23.0 Å². The summed E-state index contributed by atoms with van der Waals surface area (Å²) in [5, 5.41) is 5.31. The molecule has 0 atom stereocenters. The molecule has 3 heterocycles. The number of para-hydroxylation sites is 2. The van der Waals surface area contributed by atoms with Crippen LogP contribution in [-0.2, 0) is 0 Å². The summed E-state index contributed by atoms with van der Waals surface area (Å²) in [5.41, 5.74) is 6.95. The van der Waals surface area contributed by atoms with Crippen LogP contribution in [-0.4, -0.2) is 14.5 Å². The van der Waals surface area contributed by atoms with Gasteiger partial charge in [-0.25, -0.2) is 9.97 Å². The van der Waals surface area contributed by atoms with Crippen molar-refractivity contribution in [2.45, 2.75) is 0 Å². The highest BCUT2D eigenvalue weighted by molar-refractivity contribution is 6.12. The Morgan fingerprint density at radius 3 is 1.89 bits per heavy atom. The fourth-order valence-electron chi connectivity index (χ4n) is 6.82. The molecule has 0 N–H and O–H groups in total. The van der Waals surface area contributed by atoms with Crippen LogP contribution in [0.3, 0.4) is 0 Å². The van der Waals surface area contributed by atoms with Crippen molar-refractivity contribution >= 4 is 43.5 Å². The van der Waals surface area contributed by atoms with Crippen molar-refractivity contribution in [1.29, 1.82) is 0 Å². The number of aromatic nitrogens is 3. The number of rotatable bonds is 3. The molecule has 1 aliphatic heterocycles. The number of fused-ring (bicyclic) bond motifs is 8. The van der Waals surface area contributed by atoms with Gasteiger partial charge in [-0.2, -0.15) is 0 Å². The van der Waals surface area contributed by atoms with Crippen LogP contribution in [0, 0.1) is 0 Å². The maximum atomic E-state index is 6.75. The Bertz CT molecular complexity index is 2680. The zero-order chi connectivity index (χ0) is 30.9. The lowest BCUT2D eigenvalue weighted by atomic mass is 10.0. The summed E-state index contributed by atoms with van der Waals surface area (Å²) in [4.78, 5) is 10.5. The Morgan fingerprint density at radius 2 is 1.09 bits per heavy atom. The lowest BCUT2D eigenvalue weighted by Gasteiger charge is -2.22. The first-order valence-electron chi connectivity index (χ1n) is 15.7. The highest BCUT2D eigenvalue weighted by atomic mass is 16.6. The maximum absolute atomic E-state index is 6.75. The molecule has 0 bridgehead atoms. The molecule has 0 saturated heterocycles. The van der Waals surface area contributed by atoms with Crippen LogP contribution in [0.2, 0.25) is 0 Å². The van der Waals surface area contributed by atoms with Crippen LogP contribution in [0.25, 0.3) is 71.8 Å². The van der Waals surface area contributed by atoms with Gasteiger partial charge in [-0.15, -0.1) is 0 Å². The van der Waals surface area contributed by atoms with Crippen LogP contribution in [0.1, 0.15) is 0 Å². The molecule has 0 saturated carbocycles. The zero-order valence-electron chi connectivity index (χ0n) is 25.1. The van der Waals surface area contributed by atoms with E-state index in [4.69, 9.17) is 19.4 Å². The van der Waals surface area contributed by atoms with E-state index in [1.807, 2.05) is 60.7 Å². The molecule has 0 radical (unpaired) electrons. The second-order valence-electron chi connectivity index (χ2n) is 11.8. The average Bonchev–Trinajstić information content (AvgIpc) is 3.48. The van der Waals surface area contributed by atoms with Crippen molar-refractivity contribution in [2.75, 3.05) is 0 Å². The molecule has 5 nitrogen and oxygen atoms in total. The number of ether oxygens (including phenoxy) is 2. The molecule has 10 rings (SSSR count). The molecule has 2 aromatic heterocycles. The van der Waals surface area contributed by atoms with E-state index in [-0.39, 0.29) is 0 Å². The fourth-order valence-corrected chi connectivity index (χ4v) is 6.82. The van der Waals surface area contributed by atoms with Gasteiger partial charge >= 0.3 is 0 Å². The smallest absolute Gasteiger partial charge is 0.235 e. The molecule has 7 aromatic carbocycles. The Kier molecular flexibility index (Phi) is 5.51. The highest BCUT2D eigenvalue weighted by Crippen LogP contribution is 2.51. The van der Waals surface area contributed by atoms with E-state index >= 15 is 0 Å². The van der Waals surface area contributed by atoms with Gasteiger partial charge in [0.2, 0.25) is 5.95 Å². The molecule has 0 spiro atoms. The SMILES string of the molecule is c1ccc(-c2ccc(-c3nc(-n4c5ccccc5c5ccc6c(c54)Oc4cc5ccccc5cc4O6)nc4ccccc34)cc2)cc1. The van der Waals surface area contributed by atoms with Gasteiger partial charge in [-0.05, 0) is 58.3 Å². The number of benzene rings is 7. The normalized spacial score (nSPS) is 12.2.